The first-order chi connectivity index (χ1) is 16.4. The number of halogens is 1. The maximum absolute atomic E-state index is 13.2. The quantitative estimate of drug-likeness (QED) is 0.492. The van der Waals surface area contributed by atoms with E-state index >= 15 is 0 Å². The molecule has 4 aromatic rings. The molecule has 34 heavy (non-hydrogen) atoms. The summed E-state index contributed by atoms with van der Waals surface area (Å²) in [6.45, 7) is 6.33. The number of rotatable bonds is 5. The Hall–Kier alpha value is -3.72. The molecule has 0 saturated carbocycles. The van der Waals surface area contributed by atoms with Gasteiger partial charge in [0.05, 0.1) is 6.54 Å². The van der Waals surface area contributed by atoms with Gasteiger partial charge in [-0.1, -0.05) is 42.0 Å². The molecular formula is C25H27FN6O2. The summed E-state index contributed by atoms with van der Waals surface area (Å²) < 4.78 is 16.5. The number of imidazole rings is 1. The first kappa shape index (κ1) is 22.1. The second-order valence-corrected chi connectivity index (χ2v) is 8.87. The molecule has 0 radical (unpaired) electrons. The number of nitrogens with one attached hydrogen (secondary N) is 1. The maximum atomic E-state index is 13.2. The van der Waals surface area contributed by atoms with E-state index in [1.165, 1.54) is 16.7 Å². The monoisotopic (exact) mass is 462 g/mol. The number of H-pyrrole nitrogens is 1. The molecule has 0 amide bonds. The van der Waals surface area contributed by atoms with Crippen molar-refractivity contribution in [1.82, 2.24) is 24.0 Å². The van der Waals surface area contributed by atoms with Crippen LogP contribution in [0.15, 0.2) is 58.1 Å². The Morgan fingerprint density at radius 3 is 2.41 bits per heavy atom. The van der Waals surface area contributed by atoms with Gasteiger partial charge < -0.3 is 4.90 Å². The molecule has 3 heterocycles. The third kappa shape index (κ3) is 4.26. The molecule has 0 atom stereocenters. The molecule has 0 spiro atoms. The van der Waals surface area contributed by atoms with Crippen molar-refractivity contribution in [3.8, 4) is 0 Å². The van der Waals surface area contributed by atoms with Crippen molar-refractivity contribution in [3.63, 3.8) is 0 Å². The molecular weight excluding hydrogens is 435 g/mol. The molecule has 9 heteroatoms. The Kier molecular flexibility index (Phi) is 5.79. The van der Waals surface area contributed by atoms with Crippen LogP contribution in [0.3, 0.4) is 0 Å². The average Bonchev–Trinajstić information content (AvgIpc) is 3.19. The van der Waals surface area contributed by atoms with Gasteiger partial charge in [-0.05, 0) is 30.2 Å². The molecule has 1 aliphatic heterocycles. The number of anilines is 1. The smallest absolute Gasteiger partial charge is 0.329 e. The molecule has 2 aromatic heterocycles. The highest BCUT2D eigenvalue weighted by Crippen LogP contribution is 2.23. The number of hydrogen-bond acceptors (Lipinski definition) is 5. The molecule has 0 aliphatic carbocycles. The van der Waals surface area contributed by atoms with Gasteiger partial charge in [0.1, 0.15) is 5.82 Å². The number of fused-ring (bicyclic) bond motifs is 1. The molecule has 0 unspecified atom stereocenters. The highest BCUT2D eigenvalue weighted by molar-refractivity contribution is 5.74. The zero-order valence-corrected chi connectivity index (χ0v) is 19.3. The standard InChI is InChI=1S/C25H27FN6O2/c1-17-4-3-5-19(14-17)16-32-21-22(29(2)25(34)28-23(21)33)27-24(32)31-12-10-30(11-13-31)15-18-6-8-20(26)9-7-18/h3-9,14H,10-13,15-16H2,1-2H3,(H,28,33,34). The van der Waals surface area contributed by atoms with Crippen LogP contribution >= 0.6 is 0 Å². The van der Waals surface area contributed by atoms with E-state index in [0.29, 0.717) is 23.7 Å². The summed E-state index contributed by atoms with van der Waals surface area (Å²) in [6.07, 6.45) is 0. The van der Waals surface area contributed by atoms with E-state index in [1.807, 2.05) is 41.8 Å². The zero-order chi connectivity index (χ0) is 23.8. The molecule has 1 saturated heterocycles. The van der Waals surface area contributed by atoms with Crippen molar-refractivity contribution in [2.45, 2.75) is 20.0 Å². The summed E-state index contributed by atoms with van der Waals surface area (Å²) >= 11 is 0. The van der Waals surface area contributed by atoms with Gasteiger partial charge in [-0.25, -0.2) is 9.18 Å². The average molecular weight is 463 g/mol. The number of benzene rings is 2. The molecule has 5 rings (SSSR count). The fourth-order valence-corrected chi connectivity index (χ4v) is 4.56. The summed E-state index contributed by atoms with van der Waals surface area (Å²) in [5.74, 6) is 0.454. The minimum Gasteiger partial charge on any atom is -0.340 e. The third-order valence-corrected chi connectivity index (χ3v) is 6.38. The molecule has 176 valence electrons. The Labute approximate surface area is 195 Å². The molecule has 2 aromatic carbocycles. The predicted octanol–water partition coefficient (Wildman–Crippen LogP) is 2.24. The Balaban J connectivity index is 1.46. The van der Waals surface area contributed by atoms with E-state index in [-0.39, 0.29) is 5.82 Å². The van der Waals surface area contributed by atoms with Crippen molar-refractivity contribution in [3.05, 3.63) is 91.9 Å². The topological polar surface area (TPSA) is 79.2 Å². The highest BCUT2D eigenvalue weighted by Gasteiger charge is 2.25. The van der Waals surface area contributed by atoms with E-state index in [9.17, 15) is 14.0 Å². The minimum absolute atomic E-state index is 0.231. The first-order valence-corrected chi connectivity index (χ1v) is 11.4. The van der Waals surface area contributed by atoms with Gasteiger partial charge in [0.2, 0.25) is 5.95 Å². The molecule has 0 bridgehead atoms. The van der Waals surface area contributed by atoms with Gasteiger partial charge in [0.25, 0.3) is 5.56 Å². The maximum Gasteiger partial charge on any atom is 0.329 e. The number of hydrogen-bond donors (Lipinski definition) is 1. The Bertz CT molecular complexity index is 1450. The summed E-state index contributed by atoms with van der Waals surface area (Å²) in [7, 11) is 1.62. The lowest BCUT2D eigenvalue weighted by molar-refractivity contribution is 0.248. The Morgan fingerprint density at radius 2 is 1.71 bits per heavy atom. The van der Waals surface area contributed by atoms with Gasteiger partial charge >= 0.3 is 5.69 Å². The molecule has 1 N–H and O–H groups in total. The lowest BCUT2D eigenvalue weighted by Crippen LogP contribution is -2.47. The highest BCUT2D eigenvalue weighted by atomic mass is 19.1. The van der Waals surface area contributed by atoms with Crippen LogP contribution in [0.5, 0.6) is 0 Å². The molecule has 1 fully saturated rings. The van der Waals surface area contributed by atoms with Crippen LogP contribution in [-0.2, 0) is 20.1 Å². The minimum atomic E-state index is -0.478. The number of nitrogens with zero attached hydrogens (tertiary/aromatic N) is 5. The SMILES string of the molecule is Cc1cccc(Cn2c(N3CCN(Cc4ccc(F)cc4)CC3)nc3c2c(=O)[nH]c(=O)n3C)c1. The lowest BCUT2D eigenvalue weighted by atomic mass is 10.1. The van der Waals surface area contributed by atoms with Crippen molar-refractivity contribution >= 4 is 17.1 Å². The summed E-state index contributed by atoms with van der Waals surface area (Å²) in [5.41, 5.74) is 3.14. The first-order valence-electron chi connectivity index (χ1n) is 11.4. The normalized spacial score (nSPS) is 14.7. The molecule has 8 nitrogen and oxygen atoms in total. The van der Waals surface area contributed by atoms with Crippen molar-refractivity contribution < 1.29 is 4.39 Å². The second kappa shape index (κ2) is 8.90. The Morgan fingerprint density at radius 1 is 0.971 bits per heavy atom. The number of aromatic nitrogens is 4. The van der Waals surface area contributed by atoms with Crippen LogP contribution in [-0.4, -0.2) is 50.2 Å². The van der Waals surface area contributed by atoms with Gasteiger partial charge in [0, 0.05) is 39.8 Å². The van der Waals surface area contributed by atoms with Crippen LogP contribution in [0.25, 0.3) is 11.2 Å². The van der Waals surface area contributed by atoms with E-state index in [0.717, 1.165) is 49.4 Å². The van der Waals surface area contributed by atoms with Crippen molar-refractivity contribution in [2.75, 3.05) is 31.1 Å². The van der Waals surface area contributed by atoms with E-state index in [2.05, 4.69) is 20.9 Å². The summed E-state index contributed by atoms with van der Waals surface area (Å²) in [4.78, 5) is 36.7. The van der Waals surface area contributed by atoms with Crippen molar-refractivity contribution in [2.24, 2.45) is 7.05 Å². The van der Waals surface area contributed by atoms with Gasteiger partial charge in [-0.3, -0.25) is 23.8 Å². The van der Waals surface area contributed by atoms with Gasteiger partial charge in [0.15, 0.2) is 11.2 Å². The van der Waals surface area contributed by atoms with Gasteiger partial charge in [-0.2, -0.15) is 4.98 Å². The summed E-state index contributed by atoms with van der Waals surface area (Å²) in [6, 6.07) is 14.8. The van der Waals surface area contributed by atoms with Crippen LogP contribution in [0.1, 0.15) is 16.7 Å². The molecule has 1 aliphatic rings. The van der Waals surface area contributed by atoms with Crippen molar-refractivity contribution in [1.29, 1.82) is 0 Å². The van der Waals surface area contributed by atoms with E-state index in [1.54, 1.807) is 7.05 Å². The fraction of sp³-hybridized carbons (Fsp3) is 0.320. The third-order valence-electron chi connectivity index (χ3n) is 6.38. The van der Waals surface area contributed by atoms with Crippen LogP contribution < -0.4 is 16.1 Å². The van der Waals surface area contributed by atoms with Crippen LogP contribution in [0.4, 0.5) is 10.3 Å². The number of aromatic amines is 1. The predicted molar refractivity (Wildman–Crippen MR) is 130 cm³/mol. The largest absolute Gasteiger partial charge is 0.340 e. The second-order valence-electron chi connectivity index (χ2n) is 8.87. The fourth-order valence-electron chi connectivity index (χ4n) is 4.56. The van der Waals surface area contributed by atoms with Crippen LogP contribution in [0.2, 0.25) is 0 Å². The van der Waals surface area contributed by atoms with Crippen LogP contribution in [0, 0.1) is 12.7 Å². The number of piperazine rings is 1. The van der Waals surface area contributed by atoms with E-state index < -0.39 is 11.2 Å². The van der Waals surface area contributed by atoms with E-state index in [4.69, 9.17) is 4.98 Å². The van der Waals surface area contributed by atoms with Gasteiger partial charge in [-0.15, -0.1) is 0 Å². The summed E-state index contributed by atoms with van der Waals surface area (Å²) in [5, 5.41) is 0. The number of aryl methyl sites for hydroxylation is 2. The zero-order valence-electron chi connectivity index (χ0n) is 19.3. The lowest BCUT2D eigenvalue weighted by Gasteiger charge is -2.35.